The molecule has 1 fully saturated rings. The number of nitrogens with one attached hydrogen (secondary N) is 1. The average Bonchev–Trinajstić information content (AvgIpc) is 2.40. The number of halogens is 1. The Bertz CT molecular complexity index is 354. The number of likely N-dealkylation sites (tertiary alicyclic amines) is 1. The number of benzene rings is 1. The molecule has 1 aliphatic heterocycles. The maximum absolute atomic E-state index is 3.31. The molecule has 2 nitrogen and oxygen atoms in total. The maximum Gasteiger partial charge on any atom is 0.0233 e. The van der Waals surface area contributed by atoms with E-state index in [1.807, 2.05) is 11.8 Å². The van der Waals surface area contributed by atoms with E-state index in [9.17, 15) is 0 Å². The molecule has 0 spiro atoms. The third kappa shape index (κ3) is 5.35. The predicted octanol–water partition coefficient (Wildman–Crippen LogP) is 3.26. The van der Waals surface area contributed by atoms with Gasteiger partial charge in [-0.25, -0.2) is 0 Å². The molecule has 0 radical (unpaired) electrons. The minimum atomic E-state index is 0. The van der Waals surface area contributed by atoms with E-state index in [-0.39, 0.29) is 12.4 Å². The average molecular weight is 301 g/mol. The van der Waals surface area contributed by atoms with E-state index in [0.717, 1.165) is 19.0 Å². The van der Waals surface area contributed by atoms with Crippen LogP contribution in [0.5, 0.6) is 0 Å². The van der Waals surface area contributed by atoms with Crippen molar-refractivity contribution in [1.82, 2.24) is 10.2 Å². The van der Waals surface area contributed by atoms with Crippen LogP contribution in [0.15, 0.2) is 29.2 Å². The molecule has 1 saturated heterocycles. The molecule has 2 rings (SSSR count). The summed E-state index contributed by atoms with van der Waals surface area (Å²) in [5.74, 6) is 0.828. The van der Waals surface area contributed by atoms with Gasteiger partial charge in [-0.05, 0) is 62.8 Å². The van der Waals surface area contributed by atoms with E-state index < -0.39 is 0 Å². The lowest BCUT2D eigenvalue weighted by molar-refractivity contribution is 0.167. The predicted molar refractivity (Wildman–Crippen MR) is 87.4 cm³/mol. The van der Waals surface area contributed by atoms with Crippen LogP contribution >= 0.6 is 24.2 Å². The van der Waals surface area contributed by atoms with Crippen molar-refractivity contribution in [2.24, 2.45) is 5.92 Å². The number of rotatable bonds is 5. The second-order valence-corrected chi connectivity index (χ2v) is 6.03. The molecular weight excluding hydrogens is 276 g/mol. The van der Waals surface area contributed by atoms with Crippen molar-refractivity contribution in [3.8, 4) is 0 Å². The molecule has 4 heteroatoms. The van der Waals surface area contributed by atoms with Crippen molar-refractivity contribution >= 4 is 24.2 Å². The fourth-order valence-corrected chi connectivity index (χ4v) is 3.15. The van der Waals surface area contributed by atoms with Crippen LogP contribution in [0, 0.1) is 5.92 Å². The second kappa shape index (κ2) is 8.85. The van der Waals surface area contributed by atoms with Gasteiger partial charge in [0.1, 0.15) is 0 Å². The Labute approximate surface area is 127 Å². The zero-order valence-corrected chi connectivity index (χ0v) is 13.5. The van der Waals surface area contributed by atoms with Gasteiger partial charge < -0.3 is 5.32 Å². The first-order chi connectivity index (χ1) is 8.81. The third-order valence-corrected chi connectivity index (χ3v) is 4.40. The summed E-state index contributed by atoms with van der Waals surface area (Å²) >= 11 is 1.81. The van der Waals surface area contributed by atoms with Gasteiger partial charge in [0.15, 0.2) is 0 Å². The zero-order chi connectivity index (χ0) is 12.8. The van der Waals surface area contributed by atoms with Crippen LogP contribution in [0.2, 0.25) is 0 Å². The quantitative estimate of drug-likeness (QED) is 0.840. The molecule has 0 amide bonds. The molecule has 0 aromatic heterocycles. The molecule has 1 atom stereocenters. The molecule has 1 heterocycles. The largest absolute Gasteiger partial charge is 0.319 e. The number of nitrogens with zero attached hydrogens (tertiary/aromatic N) is 1. The summed E-state index contributed by atoms with van der Waals surface area (Å²) in [6.07, 6.45) is 4.85. The van der Waals surface area contributed by atoms with Crippen molar-refractivity contribution < 1.29 is 0 Å². The lowest BCUT2D eigenvalue weighted by Crippen LogP contribution is -2.38. The van der Waals surface area contributed by atoms with Gasteiger partial charge in [0.05, 0.1) is 0 Å². The molecule has 108 valence electrons. The molecular formula is C15H25ClN2S. The lowest BCUT2D eigenvalue weighted by atomic mass is 9.97. The summed E-state index contributed by atoms with van der Waals surface area (Å²) in [5, 5.41) is 3.31. The van der Waals surface area contributed by atoms with Gasteiger partial charge in [0.2, 0.25) is 0 Å². The molecule has 1 aliphatic rings. The molecule has 0 saturated carbocycles. The van der Waals surface area contributed by atoms with Crippen molar-refractivity contribution in [3.05, 3.63) is 29.8 Å². The smallest absolute Gasteiger partial charge is 0.0233 e. The lowest BCUT2D eigenvalue weighted by Gasteiger charge is -2.32. The summed E-state index contributed by atoms with van der Waals surface area (Å²) in [6, 6.07) is 9.01. The Morgan fingerprint density at radius 3 is 2.68 bits per heavy atom. The van der Waals surface area contributed by atoms with E-state index in [2.05, 4.69) is 47.8 Å². The van der Waals surface area contributed by atoms with Gasteiger partial charge in [-0.1, -0.05) is 12.1 Å². The van der Waals surface area contributed by atoms with E-state index >= 15 is 0 Å². The zero-order valence-electron chi connectivity index (χ0n) is 11.9. The van der Waals surface area contributed by atoms with Gasteiger partial charge in [0, 0.05) is 18.0 Å². The van der Waals surface area contributed by atoms with E-state index in [4.69, 9.17) is 0 Å². The van der Waals surface area contributed by atoms with Gasteiger partial charge in [-0.15, -0.1) is 24.2 Å². The van der Waals surface area contributed by atoms with Gasteiger partial charge >= 0.3 is 0 Å². The van der Waals surface area contributed by atoms with Crippen LogP contribution in [0.3, 0.4) is 0 Å². The Balaban J connectivity index is 0.00000180. The molecule has 1 aromatic carbocycles. The number of hydrogen-bond acceptors (Lipinski definition) is 3. The number of hydrogen-bond donors (Lipinski definition) is 1. The molecule has 1 N–H and O–H groups in total. The van der Waals surface area contributed by atoms with Crippen molar-refractivity contribution in [2.75, 3.05) is 32.9 Å². The molecule has 0 aliphatic carbocycles. The van der Waals surface area contributed by atoms with Crippen LogP contribution in [-0.4, -0.2) is 37.8 Å². The van der Waals surface area contributed by atoms with Crippen molar-refractivity contribution in [3.63, 3.8) is 0 Å². The second-order valence-electron chi connectivity index (χ2n) is 5.15. The van der Waals surface area contributed by atoms with E-state index in [1.54, 1.807) is 0 Å². The first kappa shape index (κ1) is 16.8. The standard InChI is InChI=1S/C15H24N2S.ClH/c1-16-10-14-4-3-9-17(12-14)11-13-5-7-15(18-2)8-6-13;/h5-8,14,16H,3-4,9-12H2,1-2H3;1H. The van der Waals surface area contributed by atoms with Crippen LogP contribution in [-0.2, 0) is 6.54 Å². The highest BCUT2D eigenvalue weighted by Crippen LogP contribution is 2.20. The van der Waals surface area contributed by atoms with Gasteiger partial charge in [0.25, 0.3) is 0 Å². The minimum Gasteiger partial charge on any atom is -0.319 e. The molecule has 1 unspecified atom stereocenters. The number of thioether (sulfide) groups is 1. The van der Waals surface area contributed by atoms with Crippen LogP contribution in [0.1, 0.15) is 18.4 Å². The summed E-state index contributed by atoms with van der Waals surface area (Å²) in [7, 11) is 2.06. The Morgan fingerprint density at radius 2 is 2.05 bits per heavy atom. The van der Waals surface area contributed by atoms with Crippen molar-refractivity contribution in [1.29, 1.82) is 0 Å². The van der Waals surface area contributed by atoms with E-state index in [0.29, 0.717) is 0 Å². The van der Waals surface area contributed by atoms with Crippen LogP contribution < -0.4 is 5.32 Å². The van der Waals surface area contributed by atoms with Crippen molar-refractivity contribution in [2.45, 2.75) is 24.3 Å². The first-order valence-electron chi connectivity index (χ1n) is 6.81. The Hall–Kier alpha value is -0.220. The van der Waals surface area contributed by atoms with Crippen LogP contribution in [0.25, 0.3) is 0 Å². The van der Waals surface area contributed by atoms with Gasteiger partial charge in [-0.2, -0.15) is 0 Å². The normalized spacial score (nSPS) is 20.0. The molecule has 1 aromatic rings. The van der Waals surface area contributed by atoms with Gasteiger partial charge in [-0.3, -0.25) is 4.90 Å². The SMILES string of the molecule is CNCC1CCCN(Cc2ccc(SC)cc2)C1.Cl. The maximum atomic E-state index is 3.31. The van der Waals surface area contributed by atoms with E-state index in [1.165, 1.54) is 36.4 Å². The summed E-state index contributed by atoms with van der Waals surface area (Å²) in [6.45, 7) is 4.76. The summed E-state index contributed by atoms with van der Waals surface area (Å²) in [5.41, 5.74) is 1.44. The minimum absolute atomic E-state index is 0. The highest BCUT2D eigenvalue weighted by molar-refractivity contribution is 7.98. The first-order valence-corrected chi connectivity index (χ1v) is 8.04. The fraction of sp³-hybridized carbons (Fsp3) is 0.600. The molecule has 19 heavy (non-hydrogen) atoms. The topological polar surface area (TPSA) is 15.3 Å². The monoisotopic (exact) mass is 300 g/mol. The Kier molecular flexibility index (Phi) is 7.84. The Morgan fingerprint density at radius 1 is 1.32 bits per heavy atom. The summed E-state index contributed by atoms with van der Waals surface area (Å²) < 4.78 is 0. The number of piperidine rings is 1. The molecule has 0 bridgehead atoms. The fourth-order valence-electron chi connectivity index (χ4n) is 2.74. The highest BCUT2D eigenvalue weighted by atomic mass is 35.5. The highest BCUT2D eigenvalue weighted by Gasteiger charge is 2.19. The summed E-state index contributed by atoms with van der Waals surface area (Å²) in [4.78, 5) is 3.95. The van der Waals surface area contributed by atoms with Crippen LogP contribution in [0.4, 0.5) is 0 Å². The third-order valence-electron chi connectivity index (χ3n) is 3.66.